The Labute approximate surface area is 139 Å². The molecule has 0 bridgehead atoms. The van der Waals surface area contributed by atoms with Crippen LogP contribution < -0.4 is 10.5 Å². The molecule has 0 aliphatic heterocycles. The van der Waals surface area contributed by atoms with E-state index >= 15 is 0 Å². The molecule has 3 N–H and O–H groups in total. The standard InChI is InChI=1S/C11H9BrCl2N2O2S2/c1-5-2-6(12)10(7(15)3-5)16-20(17,18)8-4-9(13)19-11(8)14/h2-4,16H,15H2,1H3. The van der Waals surface area contributed by atoms with Crippen molar-refractivity contribution in [3.8, 4) is 0 Å². The van der Waals surface area contributed by atoms with Gasteiger partial charge in [0.1, 0.15) is 9.23 Å². The van der Waals surface area contributed by atoms with Crippen LogP contribution in [0.5, 0.6) is 0 Å². The molecule has 1 aromatic heterocycles. The third-order valence-electron chi connectivity index (χ3n) is 2.42. The summed E-state index contributed by atoms with van der Waals surface area (Å²) in [5.74, 6) is 0. The van der Waals surface area contributed by atoms with Crippen molar-refractivity contribution in [1.82, 2.24) is 0 Å². The molecule has 0 radical (unpaired) electrons. The summed E-state index contributed by atoms with van der Waals surface area (Å²) in [4.78, 5) is -0.0685. The predicted molar refractivity (Wildman–Crippen MR) is 88.4 cm³/mol. The molecule has 1 aromatic carbocycles. The zero-order valence-corrected chi connectivity index (χ0v) is 14.8. The summed E-state index contributed by atoms with van der Waals surface area (Å²) in [7, 11) is -3.85. The average Bonchev–Trinajstić information content (AvgIpc) is 2.64. The first-order valence-corrected chi connectivity index (χ1v) is 9.09. The van der Waals surface area contributed by atoms with Gasteiger partial charge < -0.3 is 5.73 Å². The molecular weight excluding hydrogens is 407 g/mol. The number of hydrogen-bond donors (Lipinski definition) is 2. The van der Waals surface area contributed by atoms with E-state index in [0.29, 0.717) is 14.5 Å². The number of thiophene rings is 1. The van der Waals surface area contributed by atoms with Crippen molar-refractivity contribution in [3.05, 3.63) is 36.9 Å². The number of hydrogen-bond acceptors (Lipinski definition) is 4. The second kappa shape index (κ2) is 5.73. The van der Waals surface area contributed by atoms with E-state index < -0.39 is 10.0 Å². The van der Waals surface area contributed by atoms with Gasteiger partial charge in [0.25, 0.3) is 10.0 Å². The summed E-state index contributed by atoms with van der Waals surface area (Å²) in [5, 5.41) is 0. The summed E-state index contributed by atoms with van der Waals surface area (Å²) in [6, 6.07) is 4.73. The lowest BCUT2D eigenvalue weighted by atomic mass is 10.2. The van der Waals surface area contributed by atoms with E-state index in [-0.39, 0.29) is 14.9 Å². The van der Waals surface area contributed by atoms with Gasteiger partial charge in [-0.15, -0.1) is 11.3 Å². The van der Waals surface area contributed by atoms with Crippen LogP contribution in [0, 0.1) is 6.92 Å². The lowest BCUT2D eigenvalue weighted by Crippen LogP contribution is -2.14. The zero-order valence-electron chi connectivity index (χ0n) is 10.1. The molecule has 2 aromatic rings. The number of nitrogens with two attached hydrogens (primary N) is 1. The van der Waals surface area contributed by atoms with Crippen LogP contribution in [0.3, 0.4) is 0 Å². The van der Waals surface area contributed by atoms with Crippen LogP contribution in [-0.4, -0.2) is 8.42 Å². The first kappa shape index (κ1) is 15.9. The van der Waals surface area contributed by atoms with Crippen LogP contribution >= 0.6 is 50.5 Å². The second-order valence-corrected chi connectivity index (χ2v) is 8.80. The van der Waals surface area contributed by atoms with E-state index in [0.717, 1.165) is 16.9 Å². The number of rotatable bonds is 3. The Kier molecular flexibility index (Phi) is 4.56. The molecule has 1 heterocycles. The highest BCUT2D eigenvalue weighted by atomic mass is 79.9. The monoisotopic (exact) mass is 414 g/mol. The van der Waals surface area contributed by atoms with Gasteiger partial charge in [-0.3, -0.25) is 4.72 Å². The minimum Gasteiger partial charge on any atom is -0.397 e. The van der Waals surface area contributed by atoms with Gasteiger partial charge >= 0.3 is 0 Å². The minimum absolute atomic E-state index is 0.0685. The van der Waals surface area contributed by atoms with Gasteiger partial charge in [-0.1, -0.05) is 23.2 Å². The second-order valence-electron chi connectivity index (χ2n) is 4.00. The molecule has 9 heteroatoms. The maximum absolute atomic E-state index is 12.3. The van der Waals surface area contributed by atoms with E-state index in [1.807, 2.05) is 6.92 Å². The molecule has 0 amide bonds. The molecule has 0 saturated heterocycles. The van der Waals surface area contributed by atoms with E-state index in [2.05, 4.69) is 20.7 Å². The van der Waals surface area contributed by atoms with Gasteiger partial charge in [0, 0.05) is 4.47 Å². The van der Waals surface area contributed by atoms with Crippen LogP contribution in [0.4, 0.5) is 11.4 Å². The predicted octanol–water partition coefficient (Wildman–Crippen LogP) is 4.51. The fourth-order valence-electron chi connectivity index (χ4n) is 1.57. The van der Waals surface area contributed by atoms with Crippen LogP contribution in [0.25, 0.3) is 0 Å². The van der Waals surface area contributed by atoms with E-state index in [4.69, 9.17) is 28.9 Å². The Hall–Kier alpha value is -0.470. The maximum Gasteiger partial charge on any atom is 0.264 e. The number of benzene rings is 1. The smallest absolute Gasteiger partial charge is 0.264 e. The van der Waals surface area contributed by atoms with Crippen molar-refractivity contribution >= 4 is 71.9 Å². The first-order chi connectivity index (χ1) is 9.20. The molecule has 0 saturated carbocycles. The molecule has 0 unspecified atom stereocenters. The zero-order chi connectivity index (χ0) is 15.1. The van der Waals surface area contributed by atoms with Gasteiger partial charge in [0.15, 0.2) is 0 Å². The minimum atomic E-state index is -3.85. The Morgan fingerprint density at radius 3 is 2.45 bits per heavy atom. The Morgan fingerprint density at radius 1 is 1.30 bits per heavy atom. The topological polar surface area (TPSA) is 72.2 Å². The highest BCUT2D eigenvalue weighted by molar-refractivity contribution is 9.10. The molecule has 0 atom stereocenters. The molecule has 0 spiro atoms. The molecule has 4 nitrogen and oxygen atoms in total. The number of nitrogen functional groups attached to an aromatic ring is 1. The van der Waals surface area contributed by atoms with Gasteiger partial charge in [-0.25, -0.2) is 8.42 Å². The molecule has 0 aliphatic carbocycles. The number of anilines is 2. The number of halogens is 3. The first-order valence-electron chi connectivity index (χ1n) is 5.24. The van der Waals surface area contributed by atoms with Crippen molar-refractivity contribution in [3.63, 3.8) is 0 Å². The maximum atomic E-state index is 12.3. The number of sulfonamides is 1. The normalized spacial score (nSPS) is 11.6. The largest absolute Gasteiger partial charge is 0.397 e. The van der Waals surface area contributed by atoms with Crippen LogP contribution in [0.1, 0.15) is 5.56 Å². The summed E-state index contributed by atoms with van der Waals surface area (Å²) in [5.41, 5.74) is 7.34. The van der Waals surface area contributed by atoms with Gasteiger partial charge in [-0.2, -0.15) is 0 Å². The molecule has 0 fully saturated rings. The van der Waals surface area contributed by atoms with Crippen molar-refractivity contribution in [1.29, 1.82) is 0 Å². The quantitative estimate of drug-likeness (QED) is 0.724. The highest BCUT2D eigenvalue weighted by Gasteiger charge is 2.23. The van der Waals surface area contributed by atoms with Crippen LogP contribution in [0.15, 0.2) is 27.6 Å². The highest BCUT2D eigenvalue weighted by Crippen LogP contribution is 2.37. The average molecular weight is 416 g/mol. The molecule has 2 rings (SSSR count). The molecular formula is C11H9BrCl2N2O2S2. The lowest BCUT2D eigenvalue weighted by Gasteiger charge is -2.12. The Bertz CT molecular complexity index is 752. The van der Waals surface area contributed by atoms with Gasteiger partial charge in [0.05, 0.1) is 15.7 Å². The SMILES string of the molecule is Cc1cc(N)c(NS(=O)(=O)c2cc(Cl)sc2Cl)c(Br)c1. The van der Waals surface area contributed by atoms with Crippen LogP contribution in [0.2, 0.25) is 8.67 Å². The van der Waals surface area contributed by atoms with Crippen molar-refractivity contribution in [2.75, 3.05) is 10.5 Å². The van der Waals surface area contributed by atoms with Crippen molar-refractivity contribution in [2.45, 2.75) is 11.8 Å². The Morgan fingerprint density at radius 2 is 1.95 bits per heavy atom. The number of nitrogens with one attached hydrogen (secondary N) is 1. The fraction of sp³-hybridized carbons (Fsp3) is 0.0909. The van der Waals surface area contributed by atoms with Crippen LogP contribution in [-0.2, 0) is 10.0 Å². The third-order valence-corrected chi connectivity index (χ3v) is 6.14. The Balaban J connectivity index is 2.46. The summed E-state index contributed by atoms with van der Waals surface area (Å²) in [6.07, 6.45) is 0. The van der Waals surface area contributed by atoms with Crippen molar-refractivity contribution in [2.24, 2.45) is 0 Å². The summed E-state index contributed by atoms with van der Waals surface area (Å²) in [6.45, 7) is 1.86. The number of aryl methyl sites for hydroxylation is 1. The summed E-state index contributed by atoms with van der Waals surface area (Å²) < 4.78 is 28.0. The molecule has 20 heavy (non-hydrogen) atoms. The molecule has 0 aliphatic rings. The lowest BCUT2D eigenvalue weighted by molar-refractivity contribution is 0.601. The van der Waals surface area contributed by atoms with E-state index in [1.54, 1.807) is 12.1 Å². The van der Waals surface area contributed by atoms with Crippen molar-refractivity contribution < 1.29 is 8.42 Å². The van der Waals surface area contributed by atoms with E-state index in [1.165, 1.54) is 6.07 Å². The fourth-order valence-corrected chi connectivity index (χ4v) is 5.65. The van der Waals surface area contributed by atoms with E-state index in [9.17, 15) is 8.42 Å². The summed E-state index contributed by atoms with van der Waals surface area (Å²) >= 11 is 15.9. The van der Waals surface area contributed by atoms with Gasteiger partial charge in [-0.05, 0) is 46.6 Å². The molecule has 108 valence electrons. The third kappa shape index (κ3) is 3.23. The van der Waals surface area contributed by atoms with Gasteiger partial charge in [0.2, 0.25) is 0 Å².